The molecule has 3 nitrogen and oxygen atoms in total. The molecule has 0 saturated carbocycles. The highest BCUT2D eigenvalue weighted by atomic mass is 16.5. The summed E-state index contributed by atoms with van der Waals surface area (Å²) >= 11 is 0. The first-order valence-electron chi connectivity index (χ1n) is 5.26. The molecule has 2 atom stereocenters. The summed E-state index contributed by atoms with van der Waals surface area (Å²) in [7, 11) is 0. The number of hydrogen-bond donors (Lipinski definition) is 1. The van der Waals surface area contributed by atoms with Gasteiger partial charge in [0, 0.05) is 6.54 Å². The Morgan fingerprint density at radius 1 is 1.64 bits per heavy atom. The van der Waals surface area contributed by atoms with E-state index in [1.807, 2.05) is 19.1 Å². The minimum atomic E-state index is 0.0647. The Morgan fingerprint density at radius 2 is 2.57 bits per heavy atom. The monoisotopic (exact) mass is 195 g/mol. The smallest absolute Gasteiger partial charge is 0.132 e. The molecule has 2 heterocycles. The van der Waals surface area contributed by atoms with Gasteiger partial charge in [0.2, 0.25) is 0 Å². The number of ether oxygens (including phenoxy) is 1. The van der Waals surface area contributed by atoms with Crippen LogP contribution in [-0.2, 0) is 4.74 Å². The molecular weight excluding hydrogens is 178 g/mol. The van der Waals surface area contributed by atoms with Gasteiger partial charge >= 0.3 is 0 Å². The van der Waals surface area contributed by atoms with Gasteiger partial charge in [0.15, 0.2) is 0 Å². The van der Waals surface area contributed by atoms with Crippen molar-refractivity contribution in [2.24, 2.45) is 0 Å². The van der Waals surface area contributed by atoms with E-state index in [0.29, 0.717) is 6.10 Å². The molecule has 0 amide bonds. The molecule has 1 fully saturated rings. The van der Waals surface area contributed by atoms with Crippen molar-refractivity contribution in [2.75, 3.05) is 13.1 Å². The van der Waals surface area contributed by atoms with Crippen LogP contribution >= 0.6 is 0 Å². The van der Waals surface area contributed by atoms with Gasteiger partial charge in [0.1, 0.15) is 11.9 Å². The summed E-state index contributed by atoms with van der Waals surface area (Å²) in [5.41, 5.74) is 0. The van der Waals surface area contributed by atoms with Gasteiger partial charge in [-0.25, -0.2) is 0 Å². The normalized spacial score (nSPS) is 24.8. The minimum Gasteiger partial charge on any atom is -0.467 e. The van der Waals surface area contributed by atoms with Gasteiger partial charge in [-0.1, -0.05) is 0 Å². The van der Waals surface area contributed by atoms with E-state index < -0.39 is 0 Å². The van der Waals surface area contributed by atoms with Crippen LogP contribution in [0.4, 0.5) is 0 Å². The van der Waals surface area contributed by atoms with Gasteiger partial charge < -0.3 is 14.5 Å². The van der Waals surface area contributed by atoms with E-state index in [-0.39, 0.29) is 6.10 Å². The fourth-order valence-electron chi connectivity index (χ4n) is 1.81. The second-order valence-electron chi connectivity index (χ2n) is 3.76. The van der Waals surface area contributed by atoms with E-state index in [1.165, 1.54) is 6.42 Å². The Morgan fingerprint density at radius 3 is 3.21 bits per heavy atom. The molecular formula is C11H17NO2. The number of furan rings is 1. The van der Waals surface area contributed by atoms with Crippen molar-refractivity contribution >= 4 is 0 Å². The maximum Gasteiger partial charge on any atom is 0.132 e. The first-order valence-corrected chi connectivity index (χ1v) is 5.26. The molecule has 1 aromatic rings. The Kier molecular flexibility index (Phi) is 3.22. The molecule has 1 N–H and O–H groups in total. The summed E-state index contributed by atoms with van der Waals surface area (Å²) < 4.78 is 11.2. The van der Waals surface area contributed by atoms with Crippen molar-refractivity contribution in [1.82, 2.24) is 5.32 Å². The average molecular weight is 195 g/mol. The first-order chi connectivity index (χ1) is 6.86. The Balaban J connectivity index is 1.84. The van der Waals surface area contributed by atoms with Crippen LogP contribution in [0, 0.1) is 0 Å². The summed E-state index contributed by atoms with van der Waals surface area (Å²) in [5.74, 6) is 0.913. The van der Waals surface area contributed by atoms with Gasteiger partial charge in [-0.05, 0) is 38.4 Å². The van der Waals surface area contributed by atoms with Crippen LogP contribution < -0.4 is 5.32 Å². The van der Waals surface area contributed by atoms with E-state index >= 15 is 0 Å². The zero-order valence-electron chi connectivity index (χ0n) is 8.53. The van der Waals surface area contributed by atoms with Crippen LogP contribution in [-0.4, -0.2) is 19.2 Å². The quantitative estimate of drug-likeness (QED) is 0.802. The van der Waals surface area contributed by atoms with Crippen molar-refractivity contribution in [1.29, 1.82) is 0 Å². The number of nitrogens with one attached hydrogen (secondary N) is 1. The summed E-state index contributed by atoms with van der Waals surface area (Å²) in [4.78, 5) is 0. The lowest BCUT2D eigenvalue weighted by Gasteiger charge is -2.25. The van der Waals surface area contributed by atoms with E-state index in [1.54, 1.807) is 6.26 Å². The predicted octanol–water partition coefficient (Wildman–Crippen LogP) is 2.11. The van der Waals surface area contributed by atoms with Crippen LogP contribution in [0.1, 0.15) is 31.6 Å². The number of piperidine rings is 1. The van der Waals surface area contributed by atoms with Gasteiger partial charge in [-0.3, -0.25) is 0 Å². The van der Waals surface area contributed by atoms with E-state index in [9.17, 15) is 0 Å². The zero-order valence-corrected chi connectivity index (χ0v) is 8.53. The first kappa shape index (κ1) is 9.74. The molecule has 1 aliphatic rings. The highest BCUT2D eigenvalue weighted by Gasteiger charge is 2.18. The van der Waals surface area contributed by atoms with Gasteiger partial charge in [-0.2, -0.15) is 0 Å². The highest BCUT2D eigenvalue weighted by Crippen LogP contribution is 2.20. The van der Waals surface area contributed by atoms with E-state index in [2.05, 4.69) is 5.32 Å². The van der Waals surface area contributed by atoms with Crippen molar-refractivity contribution in [3.8, 4) is 0 Å². The Bertz CT molecular complexity index is 252. The van der Waals surface area contributed by atoms with Crippen molar-refractivity contribution < 1.29 is 9.15 Å². The molecule has 1 aliphatic heterocycles. The lowest BCUT2D eigenvalue weighted by Crippen LogP contribution is -2.35. The zero-order chi connectivity index (χ0) is 9.80. The molecule has 1 aromatic heterocycles. The topological polar surface area (TPSA) is 34.4 Å². The third kappa shape index (κ3) is 2.36. The minimum absolute atomic E-state index is 0.0647. The maximum atomic E-state index is 5.88. The third-order valence-corrected chi connectivity index (χ3v) is 2.59. The predicted molar refractivity (Wildman–Crippen MR) is 54.1 cm³/mol. The third-order valence-electron chi connectivity index (χ3n) is 2.59. The molecule has 2 unspecified atom stereocenters. The van der Waals surface area contributed by atoms with Gasteiger partial charge in [0.05, 0.1) is 12.4 Å². The molecule has 3 heteroatoms. The van der Waals surface area contributed by atoms with Crippen molar-refractivity contribution in [3.63, 3.8) is 0 Å². The van der Waals surface area contributed by atoms with E-state index in [4.69, 9.17) is 9.15 Å². The Labute approximate surface area is 84.4 Å². The van der Waals surface area contributed by atoms with Crippen molar-refractivity contribution in [2.45, 2.75) is 32.0 Å². The second kappa shape index (κ2) is 4.62. The molecule has 78 valence electrons. The molecule has 14 heavy (non-hydrogen) atoms. The Hall–Kier alpha value is -0.800. The summed E-state index contributed by atoms with van der Waals surface area (Å²) in [6.07, 6.45) is 4.45. The largest absolute Gasteiger partial charge is 0.467 e. The maximum absolute atomic E-state index is 5.88. The fourth-order valence-corrected chi connectivity index (χ4v) is 1.81. The lowest BCUT2D eigenvalue weighted by molar-refractivity contribution is -0.0245. The fraction of sp³-hybridized carbons (Fsp3) is 0.636. The second-order valence-corrected chi connectivity index (χ2v) is 3.76. The van der Waals surface area contributed by atoms with Crippen LogP contribution in [0.3, 0.4) is 0 Å². The van der Waals surface area contributed by atoms with Gasteiger partial charge in [0.25, 0.3) is 0 Å². The summed E-state index contributed by atoms with van der Waals surface area (Å²) in [6, 6.07) is 3.86. The summed E-state index contributed by atoms with van der Waals surface area (Å²) in [5, 5.41) is 3.33. The average Bonchev–Trinajstić information content (AvgIpc) is 2.72. The molecule has 0 aliphatic carbocycles. The SMILES string of the molecule is CC(OC1CCCNC1)c1ccco1. The number of hydrogen-bond acceptors (Lipinski definition) is 3. The summed E-state index contributed by atoms with van der Waals surface area (Å²) in [6.45, 7) is 4.12. The van der Waals surface area contributed by atoms with Crippen molar-refractivity contribution in [3.05, 3.63) is 24.2 Å². The van der Waals surface area contributed by atoms with Crippen LogP contribution in [0.2, 0.25) is 0 Å². The standard InChI is InChI=1S/C11H17NO2/c1-9(11-5-3-7-13-11)14-10-4-2-6-12-8-10/h3,5,7,9-10,12H,2,4,6,8H2,1H3. The molecule has 2 rings (SSSR count). The molecule has 1 saturated heterocycles. The lowest BCUT2D eigenvalue weighted by atomic mass is 10.1. The highest BCUT2D eigenvalue weighted by molar-refractivity contribution is 5.01. The van der Waals surface area contributed by atoms with Crippen LogP contribution in [0.15, 0.2) is 22.8 Å². The van der Waals surface area contributed by atoms with Gasteiger partial charge in [-0.15, -0.1) is 0 Å². The van der Waals surface area contributed by atoms with Crippen LogP contribution in [0.25, 0.3) is 0 Å². The molecule has 0 bridgehead atoms. The number of rotatable bonds is 3. The molecule has 0 spiro atoms. The van der Waals surface area contributed by atoms with E-state index in [0.717, 1.165) is 25.3 Å². The molecule has 0 radical (unpaired) electrons. The van der Waals surface area contributed by atoms with Crippen LogP contribution in [0.5, 0.6) is 0 Å². The molecule has 0 aromatic carbocycles.